The van der Waals surface area contributed by atoms with Gasteiger partial charge in [0.25, 0.3) is 0 Å². The van der Waals surface area contributed by atoms with Gasteiger partial charge in [-0.25, -0.2) is 4.98 Å². The van der Waals surface area contributed by atoms with Gasteiger partial charge in [-0.05, 0) is 47.2 Å². The topological polar surface area (TPSA) is 71.8 Å². The standard InChI is InChI=1S/C26H24N2OS.C2H4F3N/c29-18-26(21-12-4-2-10-19(21)20-11-3-5-13-22(20)26)16-8-1-9-17-30-25-27-23-14-6-7-15-24(23)28-25;3-2(4,5)1-6/h2-7,10-15,18H,1,8-9,16-17H2,(H,27,28);1,6H2. The Bertz CT molecular complexity index is 1240. The second-order valence-electron chi connectivity index (χ2n) is 8.72. The largest absolute Gasteiger partial charge is 0.400 e. The third-order valence-corrected chi connectivity index (χ3v) is 7.32. The third kappa shape index (κ3) is 5.65. The molecule has 0 spiro atoms. The number of aldehydes is 1. The number of unbranched alkanes of at least 4 members (excludes halogenated alkanes) is 2. The maximum atomic E-state index is 12.4. The van der Waals surface area contributed by atoms with Crippen LogP contribution in [0.3, 0.4) is 0 Å². The molecule has 0 amide bonds. The first-order valence-corrected chi connectivity index (χ1v) is 12.9. The first kappa shape index (κ1) is 26.0. The number of aromatic nitrogens is 2. The number of rotatable bonds is 8. The molecule has 1 heterocycles. The summed E-state index contributed by atoms with van der Waals surface area (Å²) in [6.07, 6.45) is 1.11. The molecule has 0 fully saturated rings. The molecule has 0 unspecified atom stereocenters. The molecule has 0 aliphatic heterocycles. The molecule has 1 aromatic heterocycles. The number of nitrogens with two attached hydrogens (primary N) is 1. The van der Waals surface area contributed by atoms with Gasteiger partial charge in [0, 0.05) is 5.75 Å². The van der Waals surface area contributed by atoms with Gasteiger partial charge >= 0.3 is 6.18 Å². The van der Waals surface area contributed by atoms with Crippen molar-refractivity contribution in [3.05, 3.63) is 83.9 Å². The zero-order valence-electron chi connectivity index (χ0n) is 19.7. The van der Waals surface area contributed by atoms with E-state index in [0.717, 1.165) is 58.8 Å². The molecule has 188 valence electrons. The van der Waals surface area contributed by atoms with Gasteiger partial charge in [0.1, 0.15) is 6.29 Å². The Labute approximate surface area is 212 Å². The van der Waals surface area contributed by atoms with Crippen LogP contribution < -0.4 is 5.73 Å². The number of aromatic amines is 1. The van der Waals surface area contributed by atoms with Crippen LogP contribution in [0.1, 0.15) is 36.8 Å². The first-order valence-electron chi connectivity index (χ1n) is 11.9. The second-order valence-corrected chi connectivity index (χ2v) is 9.80. The van der Waals surface area contributed by atoms with E-state index >= 15 is 0 Å². The smallest absolute Gasteiger partial charge is 0.333 e. The van der Waals surface area contributed by atoms with E-state index in [2.05, 4.69) is 58.2 Å². The molecule has 3 N–H and O–H groups in total. The fourth-order valence-corrected chi connectivity index (χ4v) is 5.55. The number of fused-ring (bicyclic) bond motifs is 4. The lowest BCUT2D eigenvalue weighted by Crippen LogP contribution is -2.27. The first-order chi connectivity index (χ1) is 17.4. The summed E-state index contributed by atoms with van der Waals surface area (Å²) in [4.78, 5) is 20.4. The van der Waals surface area contributed by atoms with Gasteiger partial charge < -0.3 is 15.5 Å². The highest BCUT2D eigenvalue weighted by atomic mass is 32.2. The molecule has 0 saturated carbocycles. The molecular formula is C28H28F3N3OS. The number of hydrogen-bond donors (Lipinski definition) is 2. The van der Waals surface area contributed by atoms with Gasteiger partial charge in [0.15, 0.2) is 5.16 Å². The maximum absolute atomic E-state index is 12.4. The maximum Gasteiger partial charge on any atom is 0.400 e. The highest BCUT2D eigenvalue weighted by molar-refractivity contribution is 7.99. The SMILES string of the molecule is NCC(F)(F)F.O=CC1(CCCCCSc2nc3ccccc3[nH]2)c2ccccc2-c2ccccc21. The Morgan fingerprint density at radius 2 is 1.47 bits per heavy atom. The zero-order valence-corrected chi connectivity index (χ0v) is 20.5. The van der Waals surface area contributed by atoms with E-state index in [1.807, 2.05) is 30.3 Å². The third-order valence-electron chi connectivity index (χ3n) is 6.36. The van der Waals surface area contributed by atoms with Crippen LogP contribution in [0, 0.1) is 0 Å². The lowest BCUT2D eigenvalue weighted by Gasteiger charge is -2.25. The summed E-state index contributed by atoms with van der Waals surface area (Å²) >= 11 is 1.77. The number of carbonyl (C=O) groups is 1. The summed E-state index contributed by atoms with van der Waals surface area (Å²) < 4.78 is 32.0. The average molecular weight is 512 g/mol. The highest BCUT2D eigenvalue weighted by Gasteiger charge is 2.42. The fraction of sp³-hybridized carbons (Fsp3) is 0.286. The molecule has 0 saturated heterocycles. The normalized spacial score (nSPS) is 13.6. The molecule has 4 aromatic rings. The van der Waals surface area contributed by atoms with Gasteiger partial charge in [-0.2, -0.15) is 13.2 Å². The van der Waals surface area contributed by atoms with E-state index in [-0.39, 0.29) is 0 Å². The molecule has 0 atom stereocenters. The summed E-state index contributed by atoms with van der Waals surface area (Å²) in [6, 6.07) is 24.9. The Balaban J connectivity index is 0.000000455. The number of halogens is 3. The van der Waals surface area contributed by atoms with Gasteiger partial charge in [-0.15, -0.1) is 0 Å². The predicted octanol–water partition coefficient (Wildman–Crippen LogP) is 6.89. The molecule has 4 nitrogen and oxygen atoms in total. The van der Waals surface area contributed by atoms with Crippen molar-refractivity contribution >= 4 is 29.1 Å². The predicted molar refractivity (Wildman–Crippen MR) is 139 cm³/mol. The number of para-hydroxylation sites is 2. The minimum Gasteiger partial charge on any atom is -0.333 e. The molecule has 3 aromatic carbocycles. The van der Waals surface area contributed by atoms with E-state index < -0.39 is 18.1 Å². The number of H-pyrrole nitrogens is 1. The molecular weight excluding hydrogens is 483 g/mol. The number of benzene rings is 3. The fourth-order valence-electron chi connectivity index (χ4n) is 4.66. The van der Waals surface area contributed by atoms with Gasteiger partial charge in [0.05, 0.1) is 23.0 Å². The van der Waals surface area contributed by atoms with E-state index in [1.54, 1.807) is 11.8 Å². The summed E-state index contributed by atoms with van der Waals surface area (Å²) in [7, 11) is 0. The lowest BCUT2D eigenvalue weighted by molar-refractivity contribution is -0.118. The van der Waals surface area contributed by atoms with Crippen LogP contribution in [0.4, 0.5) is 13.2 Å². The van der Waals surface area contributed by atoms with Crippen molar-refractivity contribution in [2.24, 2.45) is 5.73 Å². The average Bonchev–Trinajstić information content (AvgIpc) is 3.43. The monoisotopic (exact) mass is 511 g/mol. The number of imidazole rings is 1. The quantitative estimate of drug-likeness (QED) is 0.154. The molecule has 1 aliphatic carbocycles. The van der Waals surface area contributed by atoms with Crippen LogP contribution in [0.5, 0.6) is 0 Å². The van der Waals surface area contributed by atoms with Crippen molar-refractivity contribution in [3.63, 3.8) is 0 Å². The Morgan fingerprint density at radius 1 is 0.889 bits per heavy atom. The number of nitrogens with zero attached hydrogens (tertiary/aromatic N) is 1. The molecule has 0 radical (unpaired) electrons. The zero-order chi connectivity index (χ0) is 25.6. The molecule has 1 aliphatic rings. The van der Waals surface area contributed by atoms with Gasteiger partial charge in [0.2, 0.25) is 0 Å². The van der Waals surface area contributed by atoms with Crippen LogP contribution in [-0.2, 0) is 10.2 Å². The summed E-state index contributed by atoms with van der Waals surface area (Å²) in [5.74, 6) is 1.03. The van der Waals surface area contributed by atoms with Crippen molar-refractivity contribution < 1.29 is 18.0 Å². The Kier molecular flexibility index (Phi) is 8.16. The van der Waals surface area contributed by atoms with Crippen LogP contribution in [0.15, 0.2) is 78.0 Å². The van der Waals surface area contributed by atoms with Crippen molar-refractivity contribution in [1.29, 1.82) is 0 Å². The minimum absolute atomic E-state index is 0.501. The number of hydrogen-bond acceptors (Lipinski definition) is 4. The molecule has 0 bridgehead atoms. The van der Waals surface area contributed by atoms with Crippen LogP contribution in [0.2, 0.25) is 0 Å². The van der Waals surface area contributed by atoms with Crippen LogP contribution in [0.25, 0.3) is 22.2 Å². The minimum atomic E-state index is -4.18. The Morgan fingerprint density at radius 3 is 2.06 bits per heavy atom. The van der Waals surface area contributed by atoms with Gasteiger partial charge in [-0.3, -0.25) is 0 Å². The molecule has 8 heteroatoms. The van der Waals surface area contributed by atoms with Crippen LogP contribution >= 0.6 is 11.8 Å². The van der Waals surface area contributed by atoms with E-state index in [4.69, 9.17) is 0 Å². The number of nitrogens with one attached hydrogen (secondary N) is 1. The van der Waals surface area contributed by atoms with E-state index in [9.17, 15) is 18.0 Å². The summed E-state index contributed by atoms with van der Waals surface area (Å²) in [5, 5.41) is 0.985. The Hall–Kier alpha value is -3.10. The number of thioether (sulfide) groups is 1. The van der Waals surface area contributed by atoms with Crippen molar-refractivity contribution in [2.45, 2.75) is 42.4 Å². The van der Waals surface area contributed by atoms with E-state index in [0.29, 0.717) is 0 Å². The molecule has 36 heavy (non-hydrogen) atoms. The van der Waals surface area contributed by atoms with Gasteiger partial charge in [-0.1, -0.05) is 85.3 Å². The summed E-state index contributed by atoms with van der Waals surface area (Å²) in [5.41, 5.74) is 10.5. The van der Waals surface area contributed by atoms with Crippen molar-refractivity contribution in [2.75, 3.05) is 12.3 Å². The van der Waals surface area contributed by atoms with Crippen LogP contribution in [-0.4, -0.2) is 34.7 Å². The highest BCUT2D eigenvalue weighted by Crippen LogP contribution is 2.50. The summed E-state index contributed by atoms with van der Waals surface area (Å²) in [6.45, 7) is -1.23. The van der Waals surface area contributed by atoms with Crippen molar-refractivity contribution in [3.8, 4) is 11.1 Å². The van der Waals surface area contributed by atoms with Crippen molar-refractivity contribution in [1.82, 2.24) is 9.97 Å². The lowest BCUT2D eigenvalue weighted by atomic mass is 9.75. The number of alkyl halides is 3. The second kappa shape index (κ2) is 11.3. The number of carbonyl (C=O) groups excluding carboxylic acids is 1. The van der Waals surface area contributed by atoms with E-state index in [1.165, 1.54) is 17.4 Å². The molecule has 5 rings (SSSR count).